The van der Waals surface area contributed by atoms with Gasteiger partial charge in [-0.15, -0.1) is 0 Å². The molecule has 1 heterocycles. The zero-order chi connectivity index (χ0) is 14.4. The van der Waals surface area contributed by atoms with E-state index in [1.807, 2.05) is 26.0 Å². The van der Waals surface area contributed by atoms with Crippen molar-refractivity contribution in [2.24, 2.45) is 5.92 Å². The molecule has 1 aromatic rings. The van der Waals surface area contributed by atoms with Crippen molar-refractivity contribution in [2.75, 3.05) is 31.7 Å². The van der Waals surface area contributed by atoms with E-state index in [1.165, 1.54) is 0 Å². The van der Waals surface area contributed by atoms with Crippen LogP contribution in [0.3, 0.4) is 0 Å². The topological polar surface area (TPSA) is 56.8 Å². The SMILES string of the molecule is CCOc1ccc(NC(=O)CC2COC2)cc1OCC. The Morgan fingerprint density at radius 2 is 1.95 bits per heavy atom. The van der Waals surface area contributed by atoms with Crippen LogP contribution in [0, 0.1) is 5.92 Å². The fourth-order valence-corrected chi connectivity index (χ4v) is 2.01. The standard InChI is InChI=1S/C15H21NO4/c1-3-19-13-6-5-12(8-14(13)20-4-2)16-15(17)7-11-9-18-10-11/h5-6,8,11H,3-4,7,9-10H2,1-2H3,(H,16,17). The van der Waals surface area contributed by atoms with Crippen molar-refractivity contribution in [3.8, 4) is 11.5 Å². The molecule has 110 valence electrons. The van der Waals surface area contributed by atoms with Gasteiger partial charge in [0.2, 0.25) is 5.91 Å². The molecule has 2 rings (SSSR count). The van der Waals surface area contributed by atoms with Crippen LogP contribution in [-0.4, -0.2) is 32.3 Å². The third-order valence-electron chi connectivity index (χ3n) is 3.01. The monoisotopic (exact) mass is 279 g/mol. The van der Waals surface area contributed by atoms with Gasteiger partial charge in [-0.05, 0) is 26.0 Å². The lowest BCUT2D eigenvalue weighted by Gasteiger charge is -2.25. The number of amides is 1. The van der Waals surface area contributed by atoms with E-state index >= 15 is 0 Å². The second-order valence-electron chi connectivity index (χ2n) is 4.68. The molecular weight excluding hydrogens is 258 g/mol. The second kappa shape index (κ2) is 7.14. The lowest BCUT2D eigenvalue weighted by atomic mass is 10.0. The molecule has 0 unspecified atom stereocenters. The minimum Gasteiger partial charge on any atom is -0.490 e. The Morgan fingerprint density at radius 1 is 1.25 bits per heavy atom. The fraction of sp³-hybridized carbons (Fsp3) is 0.533. The molecule has 5 nitrogen and oxygen atoms in total. The maximum Gasteiger partial charge on any atom is 0.224 e. The van der Waals surface area contributed by atoms with E-state index in [4.69, 9.17) is 14.2 Å². The molecule has 0 bridgehead atoms. The average molecular weight is 279 g/mol. The molecule has 5 heteroatoms. The zero-order valence-corrected chi connectivity index (χ0v) is 12.0. The van der Waals surface area contributed by atoms with Gasteiger partial charge in [-0.25, -0.2) is 0 Å². The van der Waals surface area contributed by atoms with Crippen LogP contribution in [0.1, 0.15) is 20.3 Å². The second-order valence-corrected chi connectivity index (χ2v) is 4.68. The van der Waals surface area contributed by atoms with Crippen molar-refractivity contribution in [2.45, 2.75) is 20.3 Å². The first-order valence-electron chi connectivity index (χ1n) is 7.00. The van der Waals surface area contributed by atoms with Gasteiger partial charge < -0.3 is 19.5 Å². The molecule has 0 radical (unpaired) electrons. The molecular formula is C15H21NO4. The highest BCUT2D eigenvalue weighted by Gasteiger charge is 2.21. The Bertz CT molecular complexity index is 457. The molecule has 0 spiro atoms. The highest BCUT2D eigenvalue weighted by molar-refractivity contribution is 5.91. The molecule has 1 N–H and O–H groups in total. The number of nitrogens with one attached hydrogen (secondary N) is 1. The summed E-state index contributed by atoms with van der Waals surface area (Å²) in [6, 6.07) is 5.43. The van der Waals surface area contributed by atoms with E-state index < -0.39 is 0 Å². The van der Waals surface area contributed by atoms with E-state index in [-0.39, 0.29) is 5.91 Å². The van der Waals surface area contributed by atoms with Crippen molar-refractivity contribution < 1.29 is 19.0 Å². The van der Waals surface area contributed by atoms with E-state index in [0.717, 1.165) is 5.69 Å². The molecule has 0 aliphatic carbocycles. The third kappa shape index (κ3) is 3.87. The summed E-state index contributed by atoms with van der Waals surface area (Å²) in [7, 11) is 0. The van der Waals surface area contributed by atoms with Gasteiger partial charge in [0.1, 0.15) is 0 Å². The Balaban J connectivity index is 1.99. The number of carbonyl (C=O) groups is 1. The highest BCUT2D eigenvalue weighted by atomic mass is 16.5. The van der Waals surface area contributed by atoms with E-state index in [2.05, 4.69) is 5.32 Å². The maximum atomic E-state index is 11.9. The molecule has 1 aromatic carbocycles. The Hall–Kier alpha value is -1.75. The lowest BCUT2D eigenvalue weighted by molar-refractivity contribution is -0.121. The Labute approximate surface area is 119 Å². The van der Waals surface area contributed by atoms with Crippen LogP contribution in [0.5, 0.6) is 11.5 Å². The number of carbonyl (C=O) groups excluding carboxylic acids is 1. The molecule has 0 atom stereocenters. The average Bonchev–Trinajstić information content (AvgIpc) is 2.38. The van der Waals surface area contributed by atoms with E-state index in [9.17, 15) is 4.79 Å². The predicted molar refractivity (Wildman–Crippen MR) is 76.3 cm³/mol. The first kappa shape index (κ1) is 14.7. The first-order valence-corrected chi connectivity index (χ1v) is 7.00. The van der Waals surface area contributed by atoms with Gasteiger partial charge in [-0.3, -0.25) is 4.79 Å². The molecule has 20 heavy (non-hydrogen) atoms. The maximum absolute atomic E-state index is 11.9. The molecule has 1 saturated heterocycles. The van der Waals surface area contributed by atoms with Crippen LogP contribution in [0.4, 0.5) is 5.69 Å². The summed E-state index contributed by atoms with van der Waals surface area (Å²) in [6.07, 6.45) is 0.497. The van der Waals surface area contributed by atoms with Crippen molar-refractivity contribution in [1.29, 1.82) is 0 Å². The summed E-state index contributed by atoms with van der Waals surface area (Å²) in [6.45, 7) is 6.33. The van der Waals surface area contributed by atoms with Crippen LogP contribution < -0.4 is 14.8 Å². The number of benzene rings is 1. The lowest BCUT2D eigenvalue weighted by Crippen LogP contribution is -2.31. The van der Waals surface area contributed by atoms with Crippen LogP contribution in [0.2, 0.25) is 0 Å². The summed E-state index contributed by atoms with van der Waals surface area (Å²) in [5, 5.41) is 2.88. The summed E-state index contributed by atoms with van der Waals surface area (Å²) in [5.74, 6) is 1.70. The smallest absolute Gasteiger partial charge is 0.224 e. The zero-order valence-electron chi connectivity index (χ0n) is 12.0. The largest absolute Gasteiger partial charge is 0.490 e. The number of rotatable bonds is 7. The van der Waals surface area contributed by atoms with Crippen LogP contribution >= 0.6 is 0 Å². The Morgan fingerprint density at radius 3 is 2.55 bits per heavy atom. The minimum absolute atomic E-state index is 0.00454. The van der Waals surface area contributed by atoms with Crippen LogP contribution in [0.25, 0.3) is 0 Å². The number of ether oxygens (including phenoxy) is 3. The van der Waals surface area contributed by atoms with E-state index in [0.29, 0.717) is 50.3 Å². The highest BCUT2D eigenvalue weighted by Crippen LogP contribution is 2.30. The van der Waals surface area contributed by atoms with Crippen LogP contribution in [-0.2, 0) is 9.53 Å². The normalized spacial score (nSPS) is 14.5. The quantitative estimate of drug-likeness (QED) is 0.833. The number of anilines is 1. The fourth-order valence-electron chi connectivity index (χ4n) is 2.01. The molecule has 1 aliphatic heterocycles. The van der Waals surface area contributed by atoms with Gasteiger partial charge >= 0.3 is 0 Å². The summed E-state index contributed by atoms with van der Waals surface area (Å²) in [4.78, 5) is 11.9. The Kier molecular flexibility index (Phi) is 5.24. The number of hydrogen-bond donors (Lipinski definition) is 1. The molecule has 1 aliphatic rings. The molecule has 1 fully saturated rings. The first-order chi connectivity index (χ1) is 9.72. The number of hydrogen-bond acceptors (Lipinski definition) is 4. The molecule has 0 saturated carbocycles. The predicted octanol–water partition coefficient (Wildman–Crippen LogP) is 2.46. The molecule has 1 amide bonds. The van der Waals surface area contributed by atoms with E-state index in [1.54, 1.807) is 6.07 Å². The van der Waals surface area contributed by atoms with Gasteiger partial charge in [-0.2, -0.15) is 0 Å². The van der Waals surface area contributed by atoms with Gasteiger partial charge in [0.15, 0.2) is 11.5 Å². The summed E-state index contributed by atoms with van der Waals surface area (Å²) in [5.41, 5.74) is 0.724. The van der Waals surface area contributed by atoms with Gasteiger partial charge in [-0.1, -0.05) is 0 Å². The van der Waals surface area contributed by atoms with Crippen molar-refractivity contribution in [3.63, 3.8) is 0 Å². The van der Waals surface area contributed by atoms with Crippen LogP contribution in [0.15, 0.2) is 18.2 Å². The van der Waals surface area contributed by atoms with Crippen molar-refractivity contribution in [1.82, 2.24) is 0 Å². The van der Waals surface area contributed by atoms with Gasteiger partial charge in [0.05, 0.1) is 26.4 Å². The van der Waals surface area contributed by atoms with Crippen molar-refractivity contribution >= 4 is 11.6 Å². The summed E-state index contributed by atoms with van der Waals surface area (Å²) < 4.78 is 16.1. The van der Waals surface area contributed by atoms with Gasteiger partial charge in [0, 0.05) is 24.1 Å². The van der Waals surface area contributed by atoms with Gasteiger partial charge in [0.25, 0.3) is 0 Å². The molecule has 0 aromatic heterocycles. The summed E-state index contributed by atoms with van der Waals surface area (Å²) >= 11 is 0. The third-order valence-corrected chi connectivity index (χ3v) is 3.01. The van der Waals surface area contributed by atoms with Crippen molar-refractivity contribution in [3.05, 3.63) is 18.2 Å². The minimum atomic E-state index is 0.00454.